The van der Waals surface area contributed by atoms with Crippen molar-refractivity contribution >= 4 is 17.7 Å². The number of allylic oxidation sites excluding steroid dienone is 1. The van der Waals surface area contributed by atoms with Gasteiger partial charge in [-0.3, -0.25) is 24.8 Å². The molecule has 1 aromatic rings. The lowest BCUT2D eigenvalue weighted by Crippen LogP contribution is -2.47. The van der Waals surface area contributed by atoms with Crippen LogP contribution in [0, 0.1) is 29.1 Å². The molecule has 4 rings (SSSR count). The first-order chi connectivity index (χ1) is 14.1. The van der Waals surface area contributed by atoms with Crippen molar-refractivity contribution in [1.82, 2.24) is 15.3 Å². The molecule has 0 spiro atoms. The zero-order chi connectivity index (χ0) is 20.4. The third-order valence-electron chi connectivity index (χ3n) is 6.08. The van der Waals surface area contributed by atoms with Crippen molar-refractivity contribution < 1.29 is 14.4 Å². The summed E-state index contributed by atoms with van der Waals surface area (Å²) in [5.74, 6) is -1.64. The lowest BCUT2D eigenvalue weighted by molar-refractivity contribution is -0.146. The van der Waals surface area contributed by atoms with Gasteiger partial charge in [0.25, 0.3) is 0 Å². The summed E-state index contributed by atoms with van der Waals surface area (Å²) in [5, 5.41) is 10.7. The summed E-state index contributed by atoms with van der Waals surface area (Å²) >= 11 is 0. The Hall–Kier alpha value is -3.14. The Kier molecular flexibility index (Phi) is 5.34. The molecule has 1 aliphatic carbocycles. The average molecular weight is 392 g/mol. The molecule has 3 amide bonds. The van der Waals surface area contributed by atoms with Crippen LogP contribution in [-0.4, -0.2) is 46.8 Å². The van der Waals surface area contributed by atoms with Gasteiger partial charge in [0.15, 0.2) is 0 Å². The predicted octanol–water partition coefficient (Wildman–Crippen LogP) is 1.43. The van der Waals surface area contributed by atoms with E-state index in [1.165, 1.54) is 5.01 Å². The molecule has 3 aliphatic rings. The Labute approximate surface area is 169 Å². The number of hydrogen-bond donors (Lipinski definition) is 1. The number of amides is 3. The van der Waals surface area contributed by atoms with Crippen molar-refractivity contribution in [3.8, 4) is 6.07 Å². The molecule has 2 fully saturated rings. The number of rotatable bonds is 4. The third-order valence-corrected chi connectivity index (χ3v) is 6.08. The maximum Gasteiger partial charge on any atom is 0.245 e. The van der Waals surface area contributed by atoms with Crippen LogP contribution in [0.15, 0.2) is 42.5 Å². The van der Waals surface area contributed by atoms with Crippen LogP contribution >= 0.6 is 0 Å². The first-order valence-electron chi connectivity index (χ1n) is 10.1. The van der Waals surface area contributed by atoms with Crippen LogP contribution in [0.4, 0.5) is 0 Å². The molecule has 2 saturated heterocycles. The van der Waals surface area contributed by atoms with Crippen molar-refractivity contribution in [2.45, 2.75) is 31.7 Å². The van der Waals surface area contributed by atoms with Crippen LogP contribution in [0.25, 0.3) is 0 Å². The minimum Gasteiger partial charge on any atom is -0.326 e. The first-order valence-corrected chi connectivity index (χ1v) is 10.1. The standard InChI is InChI=1S/C22H24N4O3/c23-13-17-9-5-11-25(17)21(28)18-10-4-8-16-14-26(22(29)20(16)18)24-19(27)12-15-6-2-1-3-7-15/h1-4,6-8,16-18,20H,5,9-12,14H2,(H,24,27)/t16-,17-,18+,20-/m0/s1. The van der Waals surface area contributed by atoms with Gasteiger partial charge in [-0.15, -0.1) is 0 Å². The number of fused-ring (bicyclic) bond motifs is 1. The lowest BCUT2D eigenvalue weighted by atomic mass is 9.76. The molecule has 0 aromatic heterocycles. The number of benzene rings is 1. The van der Waals surface area contributed by atoms with E-state index in [1.807, 2.05) is 42.5 Å². The number of carbonyl (C=O) groups is 3. The SMILES string of the molecule is N#C[C@@H]1CCCN1C(=O)[C@@H]1CC=C[C@H]2CN(NC(=O)Cc3ccccc3)C(=O)[C@@H]21. The van der Waals surface area contributed by atoms with Crippen LogP contribution in [-0.2, 0) is 20.8 Å². The van der Waals surface area contributed by atoms with Crippen LogP contribution < -0.4 is 5.43 Å². The third kappa shape index (κ3) is 3.75. The smallest absolute Gasteiger partial charge is 0.245 e. The summed E-state index contributed by atoms with van der Waals surface area (Å²) in [5.41, 5.74) is 3.59. The normalized spacial score (nSPS) is 28.2. The van der Waals surface area contributed by atoms with Gasteiger partial charge < -0.3 is 4.90 Å². The molecule has 2 aliphatic heterocycles. The van der Waals surface area contributed by atoms with Gasteiger partial charge in [0, 0.05) is 19.0 Å². The number of nitriles is 1. The predicted molar refractivity (Wildman–Crippen MR) is 105 cm³/mol. The molecule has 2 heterocycles. The molecular weight excluding hydrogens is 368 g/mol. The average Bonchev–Trinajstić information content (AvgIpc) is 3.33. The van der Waals surface area contributed by atoms with E-state index in [4.69, 9.17) is 0 Å². The quantitative estimate of drug-likeness (QED) is 0.785. The summed E-state index contributed by atoms with van der Waals surface area (Å²) in [6.07, 6.45) is 6.11. The molecule has 29 heavy (non-hydrogen) atoms. The second-order valence-electron chi connectivity index (χ2n) is 7.92. The lowest BCUT2D eigenvalue weighted by Gasteiger charge is -2.31. The highest BCUT2D eigenvalue weighted by molar-refractivity contribution is 5.92. The van der Waals surface area contributed by atoms with Gasteiger partial charge in [-0.25, -0.2) is 0 Å². The number of hydrogen-bond acceptors (Lipinski definition) is 4. The van der Waals surface area contributed by atoms with E-state index in [0.29, 0.717) is 25.9 Å². The molecule has 0 bridgehead atoms. The fourth-order valence-corrected chi connectivity index (χ4v) is 4.68. The number of carbonyl (C=O) groups excluding carboxylic acids is 3. The van der Waals surface area contributed by atoms with E-state index in [1.54, 1.807) is 4.90 Å². The van der Waals surface area contributed by atoms with Crippen molar-refractivity contribution in [2.24, 2.45) is 17.8 Å². The molecule has 0 radical (unpaired) electrons. The molecule has 7 nitrogen and oxygen atoms in total. The minimum atomic E-state index is -0.482. The molecular formula is C22H24N4O3. The van der Waals surface area contributed by atoms with Gasteiger partial charge in [-0.05, 0) is 24.8 Å². The molecule has 150 valence electrons. The summed E-state index contributed by atoms with van der Waals surface area (Å²) in [6.45, 7) is 0.937. The van der Waals surface area contributed by atoms with Crippen LogP contribution in [0.5, 0.6) is 0 Å². The zero-order valence-electron chi connectivity index (χ0n) is 16.2. The van der Waals surface area contributed by atoms with Gasteiger partial charge in [0.1, 0.15) is 6.04 Å². The fourth-order valence-electron chi connectivity index (χ4n) is 4.68. The second kappa shape index (κ2) is 8.08. The molecule has 7 heteroatoms. The van der Waals surface area contributed by atoms with Gasteiger partial charge in [0.2, 0.25) is 17.7 Å². The molecule has 4 atom stereocenters. The van der Waals surface area contributed by atoms with Crippen molar-refractivity contribution in [3.05, 3.63) is 48.0 Å². The van der Waals surface area contributed by atoms with Crippen LogP contribution in [0.3, 0.4) is 0 Å². The Morgan fingerprint density at radius 1 is 1.24 bits per heavy atom. The monoisotopic (exact) mass is 392 g/mol. The van der Waals surface area contributed by atoms with Gasteiger partial charge in [-0.1, -0.05) is 42.5 Å². The van der Waals surface area contributed by atoms with Gasteiger partial charge in [0.05, 0.1) is 24.3 Å². The number of hydrazine groups is 1. The molecule has 0 saturated carbocycles. The largest absolute Gasteiger partial charge is 0.326 e. The highest BCUT2D eigenvalue weighted by Gasteiger charge is 2.49. The number of nitrogens with zero attached hydrogens (tertiary/aromatic N) is 3. The second-order valence-corrected chi connectivity index (χ2v) is 7.92. The highest BCUT2D eigenvalue weighted by Crippen LogP contribution is 2.38. The van der Waals surface area contributed by atoms with Crippen LogP contribution in [0.1, 0.15) is 24.8 Å². The van der Waals surface area contributed by atoms with E-state index in [0.717, 1.165) is 12.0 Å². The van der Waals surface area contributed by atoms with Gasteiger partial charge >= 0.3 is 0 Å². The van der Waals surface area contributed by atoms with E-state index in [-0.39, 0.29) is 30.1 Å². The summed E-state index contributed by atoms with van der Waals surface area (Å²) in [7, 11) is 0. The zero-order valence-corrected chi connectivity index (χ0v) is 16.2. The van der Waals surface area contributed by atoms with Crippen molar-refractivity contribution in [1.29, 1.82) is 5.26 Å². The highest BCUT2D eigenvalue weighted by atomic mass is 16.2. The van der Waals surface area contributed by atoms with Crippen molar-refractivity contribution in [3.63, 3.8) is 0 Å². The summed E-state index contributed by atoms with van der Waals surface area (Å²) < 4.78 is 0. The number of nitrogens with one attached hydrogen (secondary N) is 1. The Morgan fingerprint density at radius 3 is 2.79 bits per heavy atom. The summed E-state index contributed by atoms with van der Waals surface area (Å²) in [6, 6.07) is 11.2. The molecule has 1 N–H and O–H groups in total. The topological polar surface area (TPSA) is 93.5 Å². The maximum absolute atomic E-state index is 13.1. The van der Waals surface area contributed by atoms with Crippen molar-refractivity contribution in [2.75, 3.05) is 13.1 Å². The van der Waals surface area contributed by atoms with E-state index < -0.39 is 17.9 Å². The first kappa shape index (κ1) is 19.2. The van der Waals surface area contributed by atoms with Crippen LogP contribution in [0.2, 0.25) is 0 Å². The number of likely N-dealkylation sites (tertiary alicyclic amines) is 1. The van der Waals surface area contributed by atoms with E-state index >= 15 is 0 Å². The van der Waals surface area contributed by atoms with E-state index in [2.05, 4.69) is 11.5 Å². The molecule has 0 unspecified atom stereocenters. The Morgan fingerprint density at radius 2 is 2.03 bits per heavy atom. The van der Waals surface area contributed by atoms with Gasteiger partial charge in [-0.2, -0.15) is 5.26 Å². The Bertz CT molecular complexity index is 876. The maximum atomic E-state index is 13.1. The summed E-state index contributed by atoms with van der Waals surface area (Å²) in [4.78, 5) is 40.2. The molecule has 1 aromatic carbocycles. The van der Waals surface area contributed by atoms with E-state index in [9.17, 15) is 19.6 Å². The fraction of sp³-hybridized carbons (Fsp3) is 0.455. The Balaban J connectivity index is 1.44. The minimum absolute atomic E-state index is 0.106.